The Hall–Kier alpha value is -1.19. The fraction of sp³-hybridized carbons (Fsp3) is 0.600. The summed E-state index contributed by atoms with van der Waals surface area (Å²) < 4.78 is 12.6. The van der Waals surface area contributed by atoms with Crippen molar-refractivity contribution in [2.75, 3.05) is 18.0 Å². The third kappa shape index (κ3) is 2.00. The highest BCUT2D eigenvalue weighted by Gasteiger charge is 2.17. The molecule has 0 spiro atoms. The van der Waals surface area contributed by atoms with Crippen molar-refractivity contribution in [3.8, 4) is 0 Å². The van der Waals surface area contributed by atoms with E-state index in [1.807, 2.05) is 0 Å². The highest BCUT2D eigenvalue weighted by atomic mass is 19.1. The van der Waals surface area contributed by atoms with Gasteiger partial charge in [0, 0.05) is 13.1 Å². The van der Waals surface area contributed by atoms with E-state index in [9.17, 15) is 4.39 Å². The first-order valence-corrected chi connectivity index (χ1v) is 4.98. The van der Waals surface area contributed by atoms with Crippen LogP contribution >= 0.6 is 0 Å². The van der Waals surface area contributed by atoms with Crippen LogP contribution in [0.3, 0.4) is 0 Å². The minimum atomic E-state index is -0.376. The van der Waals surface area contributed by atoms with Crippen LogP contribution < -0.4 is 4.90 Å². The second-order valence-corrected chi connectivity index (χ2v) is 3.87. The third-order valence-corrected chi connectivity index (χ3v) is 2.67. The Morgan fingerprint density at radius 3 is 2.43 bits per heavy atom. The van der Waals surface area contributed by atoms with Crippen molar-refractivity contribution in [1.82, 2.24) is 9.97 Å². The Labute approximate surface area is 83.0 Å². The van der Waals surface area contributed by atoms with E-state index >= 15 is 0 Å². The molecule has 0 saturated carbocycles. The first kappa shape index (κ1) is 9.37. The monoisotopic (exact) mass is 195 g/mol. The van der Waals surface area contributed by atoms with Gasteiger partial charge in [-0.25, -0.2) is 14.4 Å². The Morgan fingerprint density at radius 1 is 1.29 bits per heavy atom. The summed E-state index contributed by atoms with van der Waals surface area (Å²) in [6.07, 6.45) is 4.78. The van der Waals surface area contributed by atoms with Crippen LogP contribution in [0, 0.1) is 11.7 Å². The SMILES string of the molecule is CC1CCN(c2ncc(F)cn2)CC1. The van der Waals surface area contributed by atoms with Crippen molar-refractivity contribution in [1.29, 1.82) is 0 Å². The van der Waals surface area contributed by atoms with Crippen LogP contribution in [-0.4, -0.2) is 23.1 Å². The zero-order valence-corrected chi connectivity index (χ0v) is 8.28. The maximum absolute atomic E-state index is 12.6. The highest BCUT2D eigenvalue weighted by molar-refractivity contribution is 5.28. The molecule has 76 valence electrons. The van der Waals surface area contributed by atoms with Gasteiger partial charge in [0.05, 0.1) is 12.4 Å². The van der Waals surface area contributed by atoms with Crippen LogP contribution in [0.25, 0.3) is 0 Å². The number of hydrogen-bond donors (Lipinski definition) is 0. The van der Waals surface area contributed by atoms with Gasteiger partial charge in [-0.05, 0) is 18.8 Å². The minimum absolute atomic E-state index is 0.376. The molecule has 2 rings (SSSR count). The Morgan fingerprint density at radius 2 is 1.86 bits per heavy atom. The topological polar surface area (TPSA) is 29.0 Å². The van der Waals surface area contributed by atoms with E-state index in [-0.39, 0.29) is 5.82 Å². The molecule has 2 heterocycles. The number of anilines is 1. The summed E-state index contributed by atoms with van der Waals surface area (Å²) in [5, 5.41) is 0. The lowest BCUT2D eigenvalue weighted by Gasteiger charge is -2.29. The molecule has 0 aliphatic carbocycles. The van der Waals surface area contributed by atoms with Gasteiger partial charge in [-0.15, -0.1) is 0 Å². The molecule has 0 atom stereocenters. The first-order chi connectivity index (χ1) is 6.75. The van der Waals surface area contributed by atoms with Crippen molar-refractivity contribution in [3.05, 3.63) is 18.2 Å². The lowest BCUT2D eigenvalue weighted by atomic mass is 10.00. The number of nitrogens with zero attached hydrogens (tertiary/aromatic N) is 3. The summed E-state index contributed by atoms with van der Waals surface area (Å²) in [5.41, 5.74) is 0. The molecule has 3 nitrogen and oxygen atoms in total. The summed E-state index contributed by atoms with van der Waals surface area (Å²) in [6.45, 7) is 4.21. The van der Waals surface area contributed by atoms with Crippen LogP contribution in [0.5, 0.6) is 0 Å². The lowest BCUT2D eigenvalue weighted by Crippen LogP contribution is -2.34. The summed E-state index contributed by atoms with van der Waals surface area (Å²) in [6, 6.07) is 0. The molecule has 0 aromatic carbocycles. The Kier molecular flexibility index (Phi) is 2.61. The normalized spacial score (nSPS) is 18.6. The van der Waals surface area contributed by atoms with Crippen molar-refractivity contribution < 1.29 is 4.39 Å². The van der Waals surface area contributed by atoms with Crippen LogP contribution in [0.1, 0.15) is 19.8 Å². The molecule has 0 amide bonds. The highest BCUT2D eigenvalue weighted by Crippen LogP contribution is 2.19. The van der Waals surface area contributed by atoms with Gasteiger partial charge in [-0.1, -0.05) is 6.92 Å². The first-order valence-electron chi connectivity index (χ1n) is 4.98. The third-order valence-electron chi connectivity index (χ3n) is 2.67. The second-order valence-electron chi connectivity index (χ2n) is 3.87. The van der Waals surface area contributed by atoms with Crippen molar-refractivity contribution in [3.63, 3.8) is 0 Å². The number of rotatable bonds is 1. The number of halogens is 1. The van der Waals surface area contributed by atoms with E-state index in [0.29, 0.717) is 5.95 Å². The number of hydrogen-bond acceptors (Lipinski definition) is 3. The van der Waals surface area contributed by atoms with Crippen LogP contribution in [0.2, 0.25) is 0 Å². The predicted molar refractivity (Wildman–Crippen MR) is 52.6 cm³/mol. The largest absolute Gasteiger partial charge is 0.341 e. The van der Waals surface area contributed by atoms with E-state index < -0.39 is 0 Å². The van der Waals surface area contributed by atoms with Crippen molar-refractivity contribution >= 4 is 5.95 Å². The molecule has 1 aliphatic heterocycles. The number of piperidine rings is 1. The van der Waals surface area contributed by atoms with Gasteiger partial charge in [0.1, 0.15) is 0 Å². The molecule has 4 heteroatoms. The summed E-state index contributed by atoms with van der Waals surface area (Å²) in [7, 11) is 0. The lowest BCUT2D eigenvalue weighted by molar-refractivity contribution is 0.434. The fourth-order valence-corrected chi connectivity index (χ4v) is 1.68. The summed E-state index contributed by atoms with van der Waals surface area (Å²) in [5.74, 6) is 1.06. The zero-order chi connectivity index (χ0) is 9.97. The minimum Gasteiger partial charge on any atom is -0.341 e. The Balaban J connectivity index is 2.05. The summed E-state index contributed by atoms with van der Waals surface area (Å²) in [4.78, 5) is 10.0. The molecule has 0 unspecified atom stereocenters. The maximum Gasteiger partial charge on any atom is 0.225 e. The van der Waals surface area contributed by atoms with Crippen molar-refractivity contribution in [2.45, 2.75) is 19.8 Å². The molecule has 0 bridgehead atoms. The Bertz CT molecular complexity index is 291. The van der Waals surface area contributed by atoms with Crippen LogP contribution in [0.15, 0.2) is 12.4 Å². The van der Waals surface area contributed by atoms with Gasteiger partial charge in [0.2, 0.25) is 5.95 Å². The van der Waals surface area contributed by atoms with Gasteiger partial charge >= 0.3 is 0 Å². The van der Waals surface area contributed by atoms with E-state index in [1.54, 1.807) is 0 Å². The van der Waals surface area contributed by atoms with E-state index in [2.05, 4.69) is 21.8 Å². The molecule has 1 aromatic heterocycles. The average Bonchev–Trinajstić information content (AvgIpc) is 2.21. The van der Waals surface area contributed by atoms with Crippen LogP contribution in [-0.2, 0) is 0 Å². The molecule has 1 fully saturated rings. The molecule has 0 N–H and O–H groups in total. The molecular weight excluding hydrogens is 181 g/mol. The molecule has 0 radical (unpaired) electrons. The summed E-state index contributed by atoms with van der Waals surface area (Å²) >= 11 is 0. The van der Waals surface area contributed by atoms with Gasteiger partial charge < -0.3 is 4.90 Å². The molecule has 1 saturated heterocycles. The van der Waals surface area contributed by atoms with Gasteiger partial charge in [-0.2, -0.15) is 0 Å². The standard InChI is InChI=1S/C10H14FN3/c1-8-2-4-14(5-3-8)10-12-6-9(11)7-13-10/h6-8H,2-5H2,1H3. The maximum atomic E-state index is 12.6. The quantitative estimate of drug-likeness (QED) is 0.684. The van der Waals surface area contributed by atoms with E-state index in [0.717, 1.165) is 19.0 Å². The molecule has 1 aliphatic rings. The predicted octanol–water partition coefficient (Wildman–Crippen LogP) is 1.85. The van der Waals surface area contributed by atoms with Gasteiger partial charge in [0.25, 0.3) is 0 Å². The van der Waals surface area contributed by atoms with Crippen molar-refractivity contribution in [2.24, 2.45) is 5.92 Å². The fourth-order valence-electron chi connectivity index (χ4n) is 1.68. The second kappa shape index (κ2) is 3.90. The van der Waals surface area contributed by atoms with Gasteiger partial charge in [0.15, 0.2) is 5.82 Å². The van der Waals surface area contributed by atoms with E-state index in [4.69, 9.17) is 0 Å². The van der Waals surface area contributed by atoms with Crippen LogP contribution in [0.4, 0.5) is 10.3 Å². The zero-order valence-electron chi connectivity index (χ0n) is 8.28. The van der Waals surface area contributed by atoms with Gasteiger partial charge in [-0.3, -0.25) is 0 Å². The molecular formula is C10H14FN3. The number of aromatic nitrogens is 2. The van der Waals surface area contributed by atoms with E-state index in [1.165, 1.54) is 25.2 Å². The molecule has 1 aromatic rings. The molecule has 14 heavy (non-hydrogen) atoms. The smallest absolute Gasteiger partial charge is 0.225 e. The average molecular weight is 195 g/mol.